The number of carbonyl (C=O) groups excluding carboxylic acids is 1. The molecule has 3 rings (SSSR count). The van der Waals surface area contributed by atoms with Gasteiger partial charge in [0.15, 0.2) is 11.5 Å². The third-order valence-electron chi connectivity index (χ3n) is 2.82. The van der Waals surface area contributed by atoms with Gasteiger partial charge in [-0.15, -0.1) is 0 Å². The summed E-state index contributed by atoms with van der Waals surface area (Å²) < 4.78 is 15.3. The quantitative estimate of drug-likeness (QED) is 0.636. The summed E-state index contributed by atoms with van der Waals surface area (Å²) in [5, 5.41) is 9.63. The van der Waals surface area contributed by atoms with Crippen molar-refractivity contribution in [1.82, 2.24) is 20.8 Å². The van der Waals surface area contributed by atoms with Crippen molar-refractivity contribution in [2.45, 2.75) is 6.54 Å². The van der Waals surface area contributed by atoms with Gasteiger partial charge in [0.25, 0.3) is 5.91 Å². The molecule has 3 heterocycles. The molecule has 0 unspecified atom stereocenters. The van der Waals surface area contributed by atoms with E-state index in [1.165, 1.54) is 6.26 Å². The Bertz CT molecular complexity index is 703. The zero-order valence-electron chi connectivity index (χ0n) is 11.6. The lowest BCUT2D eigenvalue weighted by atomic mass is 10.4. The van der Waals surface area contributed by atoms with Crippen LogP contribution in [0.15, 0.2) is 50.1 Å². The van der Waals surface area contributed by atoms with Crippen LogP contribution in [0, 0.1) is 0 Å². The molecule has 0 radical (unpaired) electrons. The molecule has 0 saturated carbocycles. The minimum Gasteiger partial charge on any atom is -0.461 e. The minimum absolute atomic E-state index is 0.246. The van der Waals surface area contributed by atoms with Crippen molar-refractivity contribution in [2.75, 3.05) is 13.1 Å². The van der Waals surface area contributed by atoms with Crippen LogP contribution in [0.4, 0.5) is 0 Å². The van der Waals surface area contributed by atoms with Crippen LogP contribution in [0.3, 0.4) is 0 Å². The second kappa shape index (κ2) is 6.72. The average Bonchev–Trinajstić information content (AvgIpc) is 3.26. The number of nitrogens with zero attached hydrogens (tertiary/aromatic N) is 2. The first-order chi connectivity index (χ1) is 10.8. The van der Waals surface area contributed by atoms with Crippen LogP contribution in [0.5, 0.6) is 0 Å². The van der Waals surface area contributed by atoms with Gasteiger partial charge < -0.3 is 24.0 Å². The van der Waals surface area contributed by atoms with Gasteiger partial charge in [0, 0.05) is 13.1 Å². The Hall–Kier alpha value is -2.87. The molecule has 0 fully saturated rings. The van der Waals surface area contributed by atoms with Crippen molar-refractivity contribution in [3.63, 3.8) is 0 Å². The standard InChI is InChI=1S/C14H14N4O4/c19-14(11-4-2-8-21-11)16-6-5-15-9-12-17-13(18-22-12)10-3-1-7-20-10/h1-4,7-8,15H,5-6,9H2,(H,16,19). The highest BCUT2D eigenvalue weighted by molar-refractivity contribution is 5.91. The zero-order valence-corrected chi connectivity index (χ0v) is 11.6. The molecule has 0 aliphatic carbocycles. The summed E-state index contributed by atoms with van der Waals surface area (Å²) in [5.41, 5.74) is 0. The van der Waals surface area contributed by atoms with Gasteiger partial charge in [0.2, 0.25) is 11.7 Å². The highest BCUT2D eigenvalue weighted by Gasteiger charge is 2.10. The summed E-state index contributed by atoms with van der Waals surface area (Å²) in [6.07, 6.45) is 3.00. The molecule has 0 aliphatic rings. The normalized spacial score (nSPS) is 10.7. The number of nitrogens with one attached hydrogen (secondary N) is 2. The molecule has 3 aromatic rings. The van der Waals surface area contributed by atoms with E-state index >= 15 is 0 Å². The van der Waals surface area contributed by atoms with E-state index < -0.39 is 0 Å². The molecule has 8 heteroatoms. The van der Waals surface area contributed by atoms with E-state index in [2.05, 4.69) is 20.8 Å². The van der Waals surface area contributed by atoms with Crippen LogP contribution in [0.25, 0.3) is 11.6 Å². The Labute approximate surface area is 125 Å². The maximum absolute atomic E-state index is 11.6. The van der Waals surface area contributed by atoms with Crippen molar-refractivity contribution in [3.8, 4) is 11.6 Å². The van der Waals surface area contributed by atoms with Crippen LogP contribution < -0.4 is 10.6 Å². The Kier molecular flexibility index (Phi) is 4.30. The van der Waals surface area contributed by atoms with E-state index in [4.69, 9.17) is 13.4 Å². The van der Waals surface area contributed by atoms with Crippen molar-refractivity contribution in [3.05, 3.63) is 48.4 Å². The predicted molar refractivity (Wildman–Crippen MR) is 74.7 cm³/mol. The number of aromatic nitrogens is 2. The lowest BCUT2D eigenvalue weighted by Gasteiger charge is -2.03. The first kappa shape index (κ1) is 14.1. The number of carbonyl (C=O) groups is 1. The Morgan fingerprint density at radius 2 is 2.00 bits per heavy atom. The summed E-state index contributed by atoms with van der Waals surface area (Å²) in [5.74, 6) is 1.46. The molecule has 2 N–H and O–H groups in total. The molecule has 0 bridgehead atoms. The van der Waals surface area contributed by atoms with Crippen LogP contribution in [0.1, 0.15) is 16.4 Å². The maximum atomic E-state index is 11.6. The fraction of sp³-hybridized carbons (Fsp3) is 0.214. The predicted octanol–water partition coefficient (Wildman–Crippen LogP) is 1.44. The van der Waals surface area contributed by atoms with E-state index in [-0.39, 0.29) is 5.91 Å². The number of amides is 1. The summed E-state index contributed by atoms with van der Waals surface area (Å²) in [4.78, 5) is 15.8. The van der Waals surface area contributed by atoms with Crippen LogP contribution >= 0.6 is 0 Å². The van der Waals surface area contributed by atoms with Gasteiger partial charge >= 0.3 is 0 Å². The number of hydrogen-bond donors (Lipinski definition) is 2. The van der Waals surface area contributed by atoms with Crippen molar-refractivity contribution in [1.29, 1.82) is 0 Å². The first-order valence-electron chi connectivity index (χ1n) is 6.72. The lowest BCUT2D eigenvalue weighted by molar-refractivity contribution is 0.0926. The molecule has 22 heavy (non-hydrogen) atoms. The minimum atomic E-state index is -0.246. The monoisotopic (exact) mass is 302 g/mol. The molecule has 0 spiro atoms. The molecule has 1 amide bonds. The molecule has 0 saturated heterocycles. The number of furan rings is 2. The fourth-order valence-electron chi connectivity index (χ4n) is 1.79. The van der Waals surface area contributed by atoms with Gasteiger partial charge in [0.1, 0.15) is 0 Å². The van der Waals surface area contributed by atoms with Gasteiger partial charge in [-0.3, -0.25) is 4.79 Å². The first-order valence-corrected chi connectivity index (χ1v) is 6.72. The van der Waals surface area contributed by atoms with Crippen molar-refractivity contribution >= 4 is 5.91 Å². The molecular formula is C14H14N4O4. The molecule has 114 valence electrons. The van der Waals surface area contributed by atoms with E-state index in [1.54, 1.807) is 30.5 Å². The molecular weight excluding hydrogens is 288 g/mol. The molecule has 0 aromatic carbocycles. The maximum Gasteiger partial charge on any atom is 0.287 e. The van der Waals surface area contributed by atoms with E-state index in [9.17, 15) is 4.79 Å². The molecule has 8 nitrogen and oxygen atoms in total. The van der Waals surface area contributed by atoms with Crippen molar-refractivity contribution in [2.24, 2.45) is 0 Å². The van der Waals surface area contributed by atoms with Gasteiger partial charge in [-0.25, -0.2) is 0 Å². The van der Waals surface area contributed by atoms with Crippen LogP contribution in [-0.4, -0.2) is 29.1 Å². The molecule has 3 aromatic heterocycles. The van der Waals surface area contributed by atoms with Crippen molar-refractivity contribution < 1.29 is 18.2 Å². The summed E-state index contributed by atoms with van der Waals surface area (Å²) in [7, 11) is 0. The second-order valence-corrected chi connectivity index (χ2v) is 4.40. The third kappa shape index (κ3) is 3.41. The third-order valence-corrected chi connectivity index (χ3v) is 2.82. The highest BCUT2D eigenvalue weighted by atomic mass is 16.5. The van der Waals surface area contributed by atoms with Crippen LogP contribution in [-0.2, 0) is 6.54 Å². The highest BCUT2D eigenvalue weighted by Crippen LogP contribution is 2.15. The zero-order chi connectivity index (χ0) is 15.2. The smallest absolute Gasteiger partial charge is 0.287 e. The Balaban J connectivity index is 1.38. The van der Waals surface area contributed by atoms with Gasteiger partial charge in [-0.2, -0.15) is 4.98 Å². The number of rotatable bonds is 7. The van der Waals surface area contributed by atoms with Gasteiger partial charge in [-0.05, 0) is 24.3 Å². The van der Waals surface area contributed by atoms with Crippen LogP contribution in [0.2, 0.25) is 0 Å². The lowest BCUT2D eigenvalue weighted by Crippen LogP contribution is -2.31. The second-order valence-electron chi connectivity index (χ2n) is 4.40. The van der Waals surface area contributed by atoms with Gasteiger partial charge in [-0.1, -0.05) is 5.16 Å². The summed E-state index contributed by atoms with van der Waals surface area (Å²) in [6.45, 7) is 1.42. The average molecular weight is 302 g/mol. The summed E-state index contributed by atoms with van der Waals surface area (Å²) >= 11 is 0. The Morgan fingerprint density at radius 1 is 1.14 bits per heavy atom. The van der Waals surface area contributed by atoms with E-state index in [0.29, 0.717) is 42.9 Å². The topological polar surface area (TPSA) is 106 Å². The molecule has 0 aliphatic heterocycles. The fourth-order valence-corrected chi connectivity index (χ4v) is 1.79. The largest absolute Gasteiger partial charge is 0.461 e. The van der Waals surface area contributed by atoms with E-state index in [0.717, 1.165) is 0 Å². The molecule has 0 atom stereocenters. The Morgan fingerprint density at radius 3 is 2.77 bits per heavy atom. The number of hydrogen-bond acceptors (Lipinski definition) is 7. The van der Waals surface area contributed by atoms with Gasteiger partial charge in [0.05, 0.1) is 19.1 Å². The SMILES string of the molecule is O=C(NCCNCc1nc(-c2ccco2)no1)c1ccco1. The summed E-state index contributed by atoms with van der Waals surface area (Å²) in [6, 6.07) is 6.79. The van der Waals surface area contributed by atoms with E-state index in [1.807, 2.05) is 0 Å².